The molecule has 1 aliphatic heterocycles. The summed E-state index contributed by atoms with van der Waals surface area (Å²) in [5.74, 6) is -0.929. The van der Waals surface area contributed by atoms with Crippen molar-refractivity contribution < 1.29 is 28.4 Å². The van der Waals surface area contributed by atoms with Gasteiger partial charge < -0.3 is 19.2 Å². The van der Waals surface area contributed by atoms with Crippen LogP contribution in [0.15, 0.2) is 69.6 Å². The topological polar surface area (TPSA) is 121 Å². The zero-order valence-corrected chi connectivity index (χ0v) is 18.3. The Balaban J connectivity index is 1.79. The van der Waals surface area contributed by atoms with Gasteiger partial charge in [0.1, 0.15) is 12.4 Å². The normalized spacial score (nSPS) is 20.4. The number of benzene rings is 1. The smallest absolute Gasteiger partial charge is 0.336 e. The van der Waals surface area contributed by atoms with E-state index in [9.17, 15) is 19.7 Å². The highest BCUT2D eigenvalue weighted by Crippen LogP contribution is 2.46. The van der Waals surface area contributed by atoms with Crippen LogP contribution < -0.4 is 5.32 Å². The van der Waals surface area contributed by atoms with E-state index in [-0.39, 0.29) is 42.6 Å². The largest absolute Gasteiger partial charge is 0.469 e. The second kappa shape index (κ2) is 9.41. The fourth-order valence-electron chi connectivity index (χ4n) is 4.48. The number of carbonyl (C=O) groups excluding carboxylic acids is 2. The molecule has 1 aliphatic carbocycles. The molecule has 4 rings (SSSR count). The van der Waals surface area contributed by atoms with Crippen LogP contribution >= 0.6 is 0 Å². The average Bonchev–Trinajstić information content (AvgIpc) is 3.33. The quantitative estimate of drug-likeness (QED) is 0.292. The summed E-state index contributed by atoms with van der Waals surface area (Å²) in [6.07, 6.45) is 2.30. The van der Waals surface area contributed by atoms with Gasteiger partial charge in [0.15, 0.2) is 5.78 Å². The van der Waals surface area contributed by atoms with Crippen LogP contribution in [-0.4, -0.2) is 37.0 Å². The average molecular weight is 452 g/mol. The first-order valence-corrected chi connectivity index (χ1v) is 10.6. The highest BCUT2D eigenvalue weighted by atomic mass is 16.6. The van der Waals surface area contributed by atoms with E-state index in [4.69, 9.17) is 13.9 Å². The van der Waals surface area contributed by atoms with Gasteiger partial charge in [-0.1, -0.05) is 12.1 Å². The van der Waals surface area contributed by atoms with E-state index < -0.39 is 16.8 Å². The fraction of sp³-hybridized carbons (Fsp3) is 0.333. The number of carbonyl (C=O) groups is 2. The molecule has 1 N–H and O–H groups in total. The zero-order chi connectivity index (χ0) is 23.5. The first-order chi connectivity index (χ1) is 15.9. The maximum atomic E-state index is 13.4. The van der Waals surface area contributed by atoms with Crippen molar-refractivity contribution in [3.05, 3.63) is 86.6 Å². The van der Waals surface area contributed by atoms with Gasteiger partial charge in [0.25, 0.3) is 5.69 Å². The van der Waals surface area contributed by atoms with Crippen LogP contribution in [0.1, 0.15) is 42.9 Å². The maximum absolute atomic E-state index is 13.4. The van der Waals surface area contributed by atoms with Crippen molar-refractivity contribution in [1.29, 1.82) is 0 Å². The number of nitro groups is 1. The lowest BCUT2D eigenvalue weighted by atomic mass is 9.72. The number of allylic oxidation sites excluding steroid dienone is 3. The molecule has 0 spiro atoms. The number of ketones is 1. The lowest BCUT2D eigenvalue weighted by Gasteiger charge is -2.36. The van der Waals surface area contributed by atoms with Crippen LogP contribution in [0.5, 0.6) is 0 Å². The van der Waals surface area contributed by atoms with E-state index in [0.29, 0.717) is 29.0 Å². The number of nitrogens with zero attached hydrogens (tertiary/aromatic N) is 1. The minimum Gasteiger partial charge on any atom is -0.469 e. The molecule has 0 radical (unpaired) electrons. The van der Waals surface area contributed by atoms with Gasteiger partial charge in [-0.25, -0.2) is 4.79 Å². The van der Waals surface area contributed by atoms with E-state index in [1.165, 1.54) is 19.2 Å². The van der Waals surface area contributed by atoms with Crippen molar-refractivity contribution in [3.63, 3.8) is 0 Å². The summed E-state index contributed by atoms with van der Waals surface area (Å²) in [5.41, 5.74) is 2.30. The summed E-state index contributed by atoms with van der Waals surface area (Å²) in [6, 6.07) is 9.65. The number of rotatable bonds is 7. The minimum absolute atomic E-state index is 0.0498. The Kier molecular flexibility index (Phi) is 6.41. The lowest BCUT2D eigenvalue weighted by molar-refractivity contribution is -0.384. The second-order valence-electron chi connectivity index (χ2n) is 8.01. The molecule has 9 nitrogen and oxygen atoms in total. The van der Waals surface area contributed by atoms with Crippen LogP contribution in [-0.2, 0) is 19.1 Å². The molecule has 0 bridgehead atoms. The summed E-state index contributed by atoms with van der Waals surface area (Å²) in [7, 11) is 1.50. The van der Waals surface area contributed by atoms with Crippen LogP contribution in [0.3, 0.4) is 0 Å². The minimum atomic E-state index is -0.777. The predicted octanol–water partition coefficient (Wildman–Crippen LogP) is 3.74. The Morgan fingerprint density at radius 3 is 2.76 bits per heavy atom. The van der Waals surface area contributed by atoms with E-state index in [1.54, 1.807) is 31.4 Å². The SMILES string of the molecule is COCCOC(=O)C1=C(C)NC2=C(C(=O)C[C@H](c3ccco3)C2)[C@H]1c1cccc([N+](=O)[O-])c1. The number of nitro benzene ring substituents is 1. The van der Waals surface area contributed by atoms with E-state index in [0.717, 1.165) is 5.76 Å². The molecule has 0 saturated carbocycles. The molecular weight excluding hydrogens is 428 g/mol. The number of dihydropyridines is 1. The summed E-state index contributed by atoms with van der Waals surface area (Å²) < 4.78 is 15.8. The molecule has 0 saturated heterocycles. The first-order valence-electron chi connectivity index (χ1n) is 10.6. The molecule has 9 heteroatoms. The Labute approximate surface area is 190 Å². The van der Waals surface area contributed by atoms with Crippen molar-refractivity contribution in [3.8, 4) is 0 Å². The number of nitrogens with one attached hydrogen (secondary N) is 1. The van der Waals surface area contributed by atoms with Gasteiger partial charge in [0.05, 0.1) is 23.4 Å². The van der Waals surface area contributed by atoms with Crippen molar-refractivity contribution in [2.45, 2.75) is 31.6 Å². The van der Waals surface area contributed by atoms with Crippen LogP contribution in [0, 0.1) is 10.1 Å². The molecule has 2 aromatic rings. The van der Waals surface area contributed by atoms with Crippen molar-refractivity contribution in [2.24, 2.45) is 0 Å². The van der Waals surface area contributed by atoms with Gasteiger partial charge in [0, 0.05) is 54.5 Å². The third-order valence-electron chi connectivity index (χ3n) is 5.93. The van der Waals surface area contributed by atoms with Gasteiger partial charge in [0.2, 0.25) is 0 Å². The first kappa shape index (κ1) is 22.5. The number of methoxy groups -OCH3 is 1. The number of furan rings is 1. The van der Waals surface area contributed by atoms with Gasteiger partial charge in [-0.3, -0.25) is 14.9 Å². The van der Waals surface area contributed by atoms with E-state index in [2.05, 4.69) is 5.32 Å². The summed E-state index contributed by atoms with van der Waals surface area (Å²) >= 11 is 0. The van der Waals surface area contributed by atoms with Gasteiger partial charge in [-0.15, -0.1) is 0 Å². The Hall–Kier alpha value is -3.72. The number of hydrogen-bond acceptors (Lipinski definition) is 8. The summed E-state index contributed by atoms with van der Waals surface area (Å²) in [6.45, 7) is 2.01. The van der Waals surface area contributed by atoms with E-state index in [1.807, 2.05) is 6.07 Å². The monoisotopic (exact) mass is 452 g/mol. The molecule has 2 heterocycles. The molecule has 0 amide bonds. The molecule has 1 aromatic heterocycles. The van der Waals surface area contributed by atoms with Crippen molar-refractivity contribution in [1.82, 2.24) is 5.32 Å². The molecule has 2 atom stereocenters. The van der Waals surface area contributed by atoms with Gasteiger partial charge in [-0.2, -0.15) is 0 Å². The van der Waals surface area contributed by atoms with E-state index >= 15 is 0 Å². The zero-order valence-electron chi connectivity index (χ0n) is 18.3. The Morgan fingerprint density at radius 1 is 1.24 bits per heavy atom. The number of hydrogen-bond donors (Lipinski definition) is 1. The predicted molar refractivity (Wildman–Crippen MR) is 117 cm³/mol. The summed E-state index contributed by atoms with van der Waals surface area (Å²) in [5, 5.41) is 14.6. The van der Waals surface area contributed by atoms with Crippen LogP contribution in [0.2, 0.25) is 0 Å². The number of ether oxygens (including phenoxy) is 2. The van der Waals surface area contributed by atoms with Crippen molar-refractivity contribution >= 4 is 17.4 Å². The molecule has 172 valence electrons. The van der Waals surface area contributed by atoms with Gasteiger partial charge in [-0.05, 0) is 31.0 Å². The highest BCUT2D eigenvalue weighted by Gasteiger charge is 2.42. The van der Waals surface area contributed by atoms with Crippen molar-refractivity contribution in [2.75, 3.05) is 20.3 Å². The molecule has 33 heavy (non-hydrogen) atoms. The number of non-ortho nitro benzene ring substituents is 1. The number of esters is 1. The second-order valence-corrected chi connectivity index (χ2v) is 8.01. The standard InChI is InChI=1S/C24H24N2O7/c1-14-21(24(28)33-10-9-31-2)22(15-5-3-6-17(11-15)26(29)30)23-18(25-14)12-16(13-19(23)27)20-7-4-8-32-20/h3-8,11,16,22,25H,9-10,12-13H2,1-2H3/t16-,22+/m1/s1. The van der Waals surface area contributed by atoms with Gasteiger partial charge >= 0.3 is 5.97 Å². The maximum Gasteiger partial charge on any atom is 0.336 e. The molecule has 0 fully saturated rings. The molecular formula is C24H24N2O7. The molecule has 1 aromatic carbocycles. The Bertz CT molecular complexity index is 1150. The molecule has 0 unspecified atom stereocenters. The lowest BCUT2D eigenvalue weighted by Crippen LogP contribution is -2.36. The van der Waals surface area contributed by atoms with Crippen LogP contribution in [0.4, 0.5) is 5.69 Å². The van der Waals surface area contributed by atoms with Crippen LogP contribution in [0.25, 0.3) is 0 Å². The summed E-state index contributed by atoms with van der Waals surface area (Å²) in [4.78, 5) is 37.4. The third-order valence-corrected chi connectivity index (χ3v) is 5.93. The number of Topliss-reactive ketones (excluding diaryl/α,β-unsaturated/α-hetero) is 1. The fourth-order valence-corrected chi connectivity index (χ4v) is 4.48. The Morgan fingerprint density at radius 2 is 2.06 bits per heavy atom. The third kappa shape index (κ3) is 4.45. The highest BCUT2D eigenvalue weighted by molar-refractivity contribution is 6.04. The molecule has 2 aliphatic rings.